The maximum atomic E-state index is 5.80. The molecule has 86 valence electrons. The quantitative estimate of drug-likeness (QED) is 0.825. The summed E-state index contributed by atoms with van der Waals surface area (Å²) in [7, 11) is 0. The third-order valence-electron chi connectivity index (χ3n) is 1.90. The predicted octanol–water partition coefficient (Wildman–Crippen LogP) is 1.14. The van der Waals surface area contributed by atoms with Crippen LogP contribution in [0.1, 0.15) is 6.92 Å². The third-order valence-corrected chi connectivity index (χ3v) is 2.07. The Labute approximate surface area is 103 Å². The average molecular weight is 249 g/mol. The molecule has 1 N–H and O–H groups in total. The molecule has 7 heteroatoms. The van der Waals surface area contributed by atoms with Crippen LogP contribution in [0, 0.1) is 12.3 Å². The lowest BCUT2D eigenvalue weighted by atomic mass is 10.4. The lowest BCUT2D eigenvalue weighted by molar-refractivity contribution is 0.792. The lowest BCUT2D eigenvalue weighted by Crippen LogP contribution is -2.16. The minimum absolute atomic E-state index is 0.0808. The zero-order valence-electron chi connectivity index (χ0n) is 9.00. The molecule has 2 rings (SSSR count). The van der Waals surface area contributed by atoms with Crippen LogP contribution in [0.4, 0.5) is 5.95 Å². The van der Waals surface area contributed by atoms with Crippen molar-refractivity contribution < 1.29 is 0 Å². The number of aromatic nitrogens is 5. The summed E-state index contributed by atoms with van der Waals surface area (Å²) in [5.41, 5.74) is 0. The molecule has 0 fully saturated rings. The van der Waals surface area contributed by atoms with Crippen molar-refractivity contribution in [2.24, 2.45) is 0 Å². The minimum Gasteiger partial charge on any atom is -0.341 e. The van der Waals surface area contributed by atoms with Gasteiger partial charge in [-0.2, -0.15) is 20.1 Å². The van der Waals surface area contributed by atoms with E-state index in [2.05, 4.69) is 31.3 Å². The molecular formula is C10H9ClN6. The molecule has 2 aromatic rings. The summed E-state index contributed by atoms with van der Waals surface area (Å²) < 4.78 is 1.49. The van der Waals surface area contributed by atoms with Crippen molar-refractivity contribution in [1.29, 1.82) is 0 Å². The summed E-state index contributed by atoms with van der Waals surface area (Å²) in [6.45, 7) is 1.81. The second-order valence-corrected chi connectivity index (χ2v) is 3.55. The zero-order chi connectivity index (χ0) is 12.3. The van der Waals surface area contributed by atoms with E-state index in [9.17, 15) is 0 Å². The highest BCUT2D eigenvalue weighted by atomic mass is 35.5. The Morgan fingerprint density at radius 3 is 2.94 bits per heavy atom. The highest BCUT2D eigenvalue weighted by molar-refractivity contribution is 6.28. The van der Waals surface area contributed by atoms with Gasteiger partial charge < -0.3 is 5.32 Å². The van der Waals surface area contributed by atoms with Crippen LogP contribution < -0.4 is 5.32 Å². The molecule has 0 aliphatic carbocycles. The number of terminal acetylenes is 1. The minimum atomic E-state index is -0.195. The fraction of sp³-hybridized carbons (Fsp3) is 0.200. The first-order valence-corrected chi connectivity index (χ1v) is 5.21. The van der Waals surface area contributed by atoms with Gasteiger partial charge in [0.15, 0.2) is 0 Å². The van der Waals surface area contributed by atoms with Gasteiger partial charge in [0.25, 0.3) is 5.95 Å². The van der Waals surface area contributed by atoms with Gasteiger partial charge in [0.2, 0.25) is 11.2 Å². The van der Waals surface area contributed by atoms with Crippen LogP contribution in [0.2, 0.25) is 5.28 Å². The lowest BCUT2D eigenvalue weighted by Gasteiger charge is -2.08. The smallest absolute Gasteiger partial charge is 0.256 e. The van der Waals surface area contributed by atoms with Crippen molar-refractivity contribution in [3.05, 3.63) is 23.7 Å². The summed E-state index contributed by atoms with van der Waals surface area (Å²) >= 11 is 5.80. The molecule has 17 heavy (non-hydrogen) atoms. The van der Waals surface area contributed by atoms with E-state index in [4.69, 9.17) is 18.0 Å². The van der Waals surface area contributed by atoms with Crippen LogP contribution in [-0.2, 0) is 0 Å². The van der Waals surface area contributed by atoms with E-state index in [-0.39, 0.29) is 11.3 Å². The van der Waals surface area contributed by atoms with E-state index in [0.717, 1.165) is 0 Å². The van der Waals surface area contributed by atoms with E-state index >= 15 is 0 Å². The van der Waals surface area contributed by atoms with Gasteiger partial charge >= 0.3 is 0 Å². The molecule has 0 spiro atoms. The van der Waals surface area contributed by atoms with Gasteiger partial charge in [-0.15, -0.1) is 6.42 Å². The van der Waals surface area contributed by atoms with Crippen molar-refractivity contribution in [2.45, 2.75) is 13.0 Å². The van der Waals surface area contributed by atoms with E-state index in [1.165, 1.54) is 4.68 Å². The number of hydrogen-bond donors (Lipinski definition) is 1. The molecule has 2 heterocycles. The Morgan fingerprint density at radius 1 is 1.47 bits per heavy atom. The molecule has 1 atom stereocenters. The summed E-state index contributed by atoms with van der Waals surface area (Å²) in [6.07, 6.45) is 8.58. The third kappa shape index (κ3) is 2.71. The predicted molar refractivity (Wildman–Crippen MR) is 63.9 cm³/mol. The number of rotatable bonds is 3. The summed E-state index contributed by atoms with van der Waals surface area (Å²) in [4.78, 5) is 12.0. The molecule has 0 bridgehead atoms. The molecule has 0 saturated carbocycles. The Hall–Kier alpha value is -2.13. The Morgan fingerprint density at radius 2 is 2.29 bits per heavy atom. The number of anilines is 1. The summed E-state index contributed by atoms with van der Waals surface area (Å²) in [5.74, 6) is 3.17. The topological polar surface area (TPSA) is 68.5 Å². The van der Waals surface area contributed by atoms with Gasteiger partial charge in [-0.25, -0.2) is 4.68 Å². The maximum absolute atomic E-state index is 5.80. The van der Waals surface area contributed by atoms with Crippen LogP contribution in [0.15, 0.2) is 18.5 Å². The second-order valence-electron chi connectivity index (χ2n) is 3.21. The first kappa shape index (κ1) is 11.4. The number of nitrogens with one attached hydrogen (secondary N) is 1. The molecule has 0 aliphatic rings. The fourth-order valence-corrected chi connectivity index (χ4v) is 1.28. The Bertz CT molecular complexity index is 544. The molecule has 2 aromatic heterocycles. The Balaban J connectivity index is 2.34. The molecule has 0 aromatic carbocycles. The first-order chi connectivity index (χ1) is 8.19. The van der Waals surface area contributed by atoms with Crippen LogP contribution in [0.3, 0.4) is 0 Å². The largest absolute Gasteiger partial charge is 0.341 e. The van der Waals surface area contributed by atoms with Gasteiger partial charge in [-0.3, -0.25) is 0 Å². The maximum Gasteiger partial charge on any atom is 0.256 e. The number of nitrogens with zero attached hydrogens (tertiary/aromatic N) is 5. The van der Waals surface area contributed by atoms with Gasteiger partial charge in [-0.05, 0) is 24.6 Å². The van der Waals surface area contributed by atoms with E-state index < -0.39 is 0 Å². The van der Waals surface area contributed by atoms with Crippen molar-refractivity contribution >= 4 is 17.5 Å². The van der Waals surface area contributed by atoms with E-state index in [0.29, 0.717) is 11.9 Å². The average Bonchev–Trinajstić information content (AvgIpc) is 2.81. The standard InChI is InChI=1S/C10H9ClN6/c1-3-7(2)13-9-14-8(11)15-10(16-9)17-6-4-5-12-17/h1,4-7H,2H3,(H,13,14,15,16). The molecule has 0 saturated heterocycles. The normalized spacial score (nSPS) is 11.8. The van der Waals surface area contributed by atoms with Gasteiger partial charge in [0.1, 0.15) is 0 Å². The first-order valence-electron chi connectivity index (χ1n) is 4.83. The van der Waals surface area contributed by atoms with E-state index in [1.807, 2.05) is 6.92 Å². The zero-order valence-corrected chi connectivity index (χ0v) is 9.76. The van der Waals surface area contributed by atoms with Crippen LogP contribution in [-0.4, -0.2) is 30.8 Å². The van der Waals surface area contributed by atoms with Gasteiger partial charge in [0, 0.05) is 12.4 Å². The fourth-order valence-electron chi connectivity index (χ4n) is 1.13. The highest BCUT2D eigenvalue weighted by Gasteiger charge is 2.08. The number of hydrogen-bond acceptors (Lipinski definition) is 5. The van der Waals surface area contributed by atoms with Crippen molar-refractivity contribution in [3.63, 3.8) is 0 Å². The molecule has 0 amide bonds. The van der Waals surface area contributed by atoms with Crippen molar-refractivity contribution in [3.8, 4) is 18.3 Å². The highest BCUT2D eigenvalue weighted by Crippen LogP contribution is 2.09. The molecule has 0 radical (unpaired) electrons. The number of halogens is 1. The summed E-state index contributed by atoms with van der Waals surface area (Å²) in [6, 6.07) is 1.56. The molecule has 1 unspecified atom stereocenters. The second kappa shape index (κ2) is 4.80. The summed E-state index contributed by atoms with van der Waals surface area (Å²) in [5, 5.41) is 7.00. The van der Waals surface area contributed by atoms with E-state index in [1.54, 1.807) is 18.5 Å². The van der Waals surface area contributed by atoms with Crippen LogP contribution in [0.5, 0.6) is 0 Å². The van der Waals surface area contributed by atoms with Crippen LogP contribution >= 0.6 is 11.6 Å². The van der Waals surface area contributed by atoms with Crippen LogP contribution in [0.25, 0.3) is 5.95 Å². The molecule has 0 aliphatic heterocycles. The molecular weight excluding hydrogens is 240 g/mol. The van der Waals surface area contributed by atoms with Gasteiger partial charge in [0.05, 0.1) is 6.04 Å². The van der Waals surface area contributed by atoms with Crippen molar-refractivity contribution in [1.82, 2.24) is 24.7 Å². The monoisotopic (exact) mass is 248 g/mol. The van der Waals surface area contributed by atoms with Gasteiger partial charge in [-0.1, -0.05) is 5.92 Å². The SMILES string of the molecule is C#CC(C)Nc1nc(Cl)nc(-n2cccn2)n1. The van der Waals surface area contributed by atoms with Crippen molar-refractivity contribution in [2.75, 3.05) is 5.32 Å². The Kier molecular flexibility index (Phi) is 3.21. The molecule has 6 nitrogen and oxygen atoms in total.